The molecular formula is C28H31N3O6S. The van der Waals surface area contributed by atoms with E-state index in [4.69, 9.17) is 9.47 Å². The molecule has 0 saturated carbocycles. The van der Waals surface area contributed by atoms with Crippen molar-refractivity contribution in [3.63, 3.8) is 0 Å². The number of carbonyl (C=O) groups excluding carboxylic acids is 1. The van der Waals surface area contributed by atoms with Crippen LogP contribution in [0.2, 0.25) is 0 Å². The summed E-state index contributed by atoms with van der Waals surface area (Å²) in [6.45, 7) is 5.42. The highest BCUT2D eigenvalue weighted by molar-refractivity contribution is 7.89. The van der Waals surface area contributed by atoms with Crippen molar-refractivity contribution >= 4 is 26.8 Å². The van der Waals surface area contributed by atoms with Gasteiger partial charge in [0.25, 0.3) is 5.91 Å². The van der Waals surface area contributed by atoms with Crippen molar-refractivity contribution in [1.82, 2.24) is 14.2 Å². The van der Waals surface area contributed by atoms with Gasteiger partial charge in [0.05, 0.1) is 17.0 Å². The Hall–Kier alpha value is -3.63. The number of hydrogen-bond donors (Lipinski definition) is 1. The summed E-state index contributed by atoms with van der Waals surface area (Å²) in [4.78, 5) is 26.7. The third-order valence-electron chi connectivity index (χ3n) is 6.88. The summed E-state index contributed by atoms with van der Waals surface area (Å²) in [6, 6.07) is 11.8. The van der Waals surface area contributed by atoms with E-state index in [2.05, 4.69) is 11.9 Å². The molecule has 9 nitrogen and oxygen atoms in total. The van der Waals surface area contributed by atoms with Crippen LogP contribution in [0, 0.1) is 0 Å². The fraction of sp³-hybridized carbons (Fsp3) is 0.357. The zero-order valence-corrected chi connectivity index (χ0v) is 21.9. The van der Waals surface area contributed by atoms with Crippen LogP contribution in [-0.4, -0.2) is 55.5 Å². The second-order valence-electron chi connectivity index (χ2n) is 9.52. The first-order valence-electron chi connectivity index (χ1n) is 12.8. The molecule has 5 rings (SSSR count). The van der Waals surface area contributed by atoms with Gasteiger partial charge in [0.2, 0.25) is 15.5 Å². The molecule has 2 aliphatic rings. The molecule has 3 heterocycles. The van der Waals surface area contributed by atoms with Crippen molar-refractivity contribution in [2.45, 2.75) is 43.2 Å². The number of para-hydroxylation sites is 2. The van der Waals surface area contributed by atoms with Gasteiger partial charge in [0, 0.05) is 31.2 Å². The molecule has 38 heavy (non-hydrogen) atoms. The van der Waals surface area contributed by atoms with Gasteiger partial charge in [-0.15, -0.1) is 6.58 Å². The maximum absolute atomic E-state index is 13.5. The van der Waals surface area contributed by atoms with Crippen LogP contribution in [0.1, 0.15) is 36.0 Å². The standard InChI is InChI=1S/C28H31N3O6S/c1-2-13-30-18-23(28(33)29-17-20-19-36-25-9-5-6-10-26(25)37-20)27(32)22-16-21(11-12-24(22)30)38(34,35)31-14-7-3-4-8-15-31/h2,5-6,9-12,16,18,20H,1,3-4,7-8,13-15,17,19H2,(H,29,33)/t20-/m1/s1. The highest BCUT2D eigenvalue weighted by Crippen LogP contribution is 2.30. The van der Waals surface area contributed by atoms with Crippen LogP contribution in [0.15, 0.2) is 71.0 Å². The number of nitrogens with zero attached hydrogens (tertiary/aromatic N) is 2. The average Bonchev–Trinajstić information content (AvgIpc) is 3.23. The largest absolute Gasteiger partial charge is 0.486 e. The average molecular weight is 538 g/mol. The minimum Gasteiger partial charge on any atom is -0.486 e. The number of rotatable bonds is 7. The lowest BCUT2D eigenvalue weighted by Gasteiger charge is -2.26. The van der Waals surface area contributed by atoms with E-state index in [1.807, 2.05) is 18.2 Å². The molecule has 1 aromatic heterocycles. The van der Waals surface area contributed by atoms with Crippen LogP contribution in [0.25, 0.3) is 10.9 Å². The quantitative estimate of drug-likeness (QED) is 0.464. The Kier molecular flexibility index (Phi) is 7.53. The molecule has 10 heteroatoms. The normalized spacial score (nSPS) is 18.1. The van der Waals surface area contributed by atoms with E-state index in [9.17, 15) is 18.0 Å². The Balaban J connectivity index is 1.43. The summed E-state index contributed by atoms with van der Waals surface area (Å²) in [5, 5.41) is 2.94. The minimum absolute atomic E-state index is 0.0538. The third-order valence-corrected chi connectivity index (χ3v) is 8.78. The molecule has 0 unspecified atom stereocenters. The van der Waals surface area contributed by atoms with E-state index in [-0.39, 0.29) is 29.0 Å². The van der Waals surface area contributed by atoms with Crippen molar-refractivity contribution in [1.29, 1.82) is 0 Å². The lowest BCUT2D eigenvalue weighted by atomic mass is 10.1. The Morgan fingerprint density at radius 1 is 1.08 bits per heavy atom. The predicted molar refractivity (Wildman–Crippen MR) is 144 cm³/mol. The monoisotopic (exact) mass is 537 g/mol. The Labute approximate surface area is 221 Å². The Bertz CT molecular complexity index is 1520. The number of hydrogen-bond acceptors (Lipinski definition) is 6. The second kappa shape index (κ2) is 11.0. The summed E-state index contributed by atoms with van der Waals surface area (Å²) in [5.74, 6) is 0.663. The first kappa shape index (κ1) is 26.0. The predicted octanol–water partition coefficient (Wildman–Crippen LogP) is 3.32. The van der Waals surface area contributed by atoms with Crippen molar-refractivity contribution in [3.05, 3.63) is 77.1 Å². The van der Waals surface area contributed by atoms with Crippen LogP contribution in [0.5, 0.6) is 11.5 Å². The molecule has 2 aliphatic heterocycles. The molecule has 0 radical (unpaired) electrons. The lowest BCUT2D eigenvalue weighted by Crippen LogP contribution is -2.41. The summed E-state index contributed by atoms with van der Waals surface area (Å²) in [6.07, 6.45) is 6.33. The highest BCUT2D eigenvalue weighted by atomic mass is 32.2. The smallest absolute Gasteiger partial charge is 0.256 e. The molecule has 1 atom stereocenters. The molecule has 1 amide bonds. The van der Waals surface area contributed by atoms with Crippen LogP contribution in [0.3, 0.4) is 0 Å². The van der Waals surface area contributed by atoms with Gasteiger partial charge in [-0.2, -0.15) is 4.31 Å². The van der Waals surface area contributed by atoms with Gasteiger partial charge < -0.3 is 19.4 Å². The van der Waals surface area contributed by atoms with Crippen molar-refractivity contribution in [3.8, 4) is 11.5 Å². The van der Waals surface area contributed by atoms with Crippen LogP contribution < -0.4 is 20.2 Å². The van der Waals surface area contributed by atoms with Crippen LogP contribution in [0.4, 0.5) is 0 Å². The van der Waals surface area contributed by atoms with Gasteiger partial charge in [0.1, 0.15) is 18.3 Å². The highest BCUT2D eigenvalue weighted by Gasteiger charge is 2.27. The zero-order chi connectivity index (χ0) is 26.7. The van der Waals surface area contributed by atoms with E-state index in [0.29, 0.717) is 36.6 Å². The summed E-state index contributed by atoms with van der Waals surface area (Å²) in [7, 11) is -3.77. The number of amides is 1. The fourth-order valence-corrected chi connectivity index (χ4v) is 6.43. The Morgan fingerprint density at radius 3 is 2.55 bits per heavy atom. The van der Waals surface area contributed by atoms with Crippen LogP contribution in [-0.2, 0) is 16.6 Å². The summed E-state index contributed by atoms with van der Waals surface area (Å²) in [5.41, 5.74) is -0.0837. The van der Waals surface area contributed by atoms with E-state index in [1.165, 1.54) is 22.6 Å². The van der Waals surface area contributed by atoms with Gasteiger partial charge in [-0.25, -0.2) is 8.42 Å². The number of benzene rings is 2. The minimum atomic E-state index is -3.77. The topological polar surface area (TPSA) is 107 Å². The molecule has 0 spiro atoms. The third kappa shape index (κ3) is 5.19. The molecule has 1 saturated heterocycles. The molecule has 2 aromatic carbocycles. The molecule has 200 valence electrons. The number of pyridine rings is 1. The van der Waals surface area contributed by atoms with Crippen molar-refractivity contribution < 1.29 is 22.7 Å². The molecule has 0 aliphatic carbocycles. The van der Waals surface area contributed by atoms with E-state index in [0.717, 1.165) is 25.7 Å². The number of allylic oxidation sites excluding steroid dienone is 1. The van der Waals surface area contributed by atoms with Crippen LogP contribution >= 0.6 is 0 Å². The summed E-state index contributed by atoms with van der Waals surface area (Å²) < 4.78 is 41.6. The number of fused-ring (bicyclic) bond motifs is 2. The van der Waals surface area contributed by atoms with Crippen molar-refractivity contribution in [2.24, 2.45) is 0 Å². The first-order chi connectivity index (χ1) is 18.4. The van der Waals surface area contributed by atoms with Gasteiger partial charge in [0.15, 0.2) is 11.5 Å². The van der Waals surface area contributed by atoms with Gasteiger partial charge in [-0.05, 0) is 43.2 Å². The van der Waals surface area contributed by atoms with Gasteiger partial charge >= 0.3 is 0 Å². The molecule has 0 bridgehead atoms. The number of nitrogens with one attached hydrogen (secondary N) is 1. The number of sulfonamides is 1. The second-order valence-corrected chi connectivity index (χ2v) is 11.5. The van der Waals surface area contributed by atoms with E-state index in [1.54, 1.807) is 22.8 Å². The van der Waals surface area contributed by atoms with Gasteiger partial charge in [-0.3, -0.25) is 9.59 Å². The first-order valence-corrected chi connectivity index (χ1v) is 14.3. The fourth-order valence-electron chi connectivity index (χ4n) is 4.89. The van der Waals surface area contributed by atoms with E-state index < -0.39 is 27.5 Å². The maximum atomic E-state index is 13.5. The molecule has 3 aromatic rings. The Morgan fingerprint density at radius 2 is 1.82 bits per heavy atom. The zero-order valence-electron chi connectivity index (χ0n) is 21.1. The SMILES string of the molecule is C=CCn1cc(C(=O)NC[C@@H]2COc3ccccc3O2)c(=O)c2cc(S(=O)(=O)N3CCCCCC3)ccc21. The number of aromatic nitrogens is 1. The lowest BCUT2D eigenvalue weighted by molar-refractivity contribution is 0.0788. The van der Waals surface area contributed by atoms with Crippen molar-refractivity contribution in [2.75, 3.05) is 26.2 Å². The molecule has 1 N–H and O–H groups in total. The summed E-state index contributed by atoms with van der Waals surface area (Å²) >= 11 is 0. The molecular weight excluding hydrogens is 506 g/mol. The number of ether oxygens (including phenoxy) is 2. The number of carbonyl (C=O) groups is 1. The van der Waals surface area contributed by atoms with E-state index >= 15 is 0 Å². The van der Waals surface area contributed by atoms with Gasteiger partial charge in [-0.1, -0.05) is 31.1 Å². The molecule has 1 fully saturated rings. The maximum Gasteiger partial charge on any atom is 0.256 e.